The number of esters is 2. The number of hydrogen-bond donors (Lipinski definition) is 1. The highest BCUT2D eigenvalue weighted by Gasteiger charge is 2.18. The van der Waals surface area contributed by atoms with Gasteiger partial charge in [0.1, 0.15) is 6.54 Å². The molecule has 0 aliphatic rings. The summed E-state index contributed by atoms with van der Waals surface area (Å²) in [4.78, 5) is 58.6. The van der Waals surface area contributed by atoms with Crippen LogP contribution in [0.5, 0.6) is 0 Å². The van der Waals surface area contributed by atoms with Crippen LogP contribution in [-0.4, -0.2) is 41.6 Å². The minimum Gasteiger partial charge on any atom is -0.465 e. The molecule has 0 saturated carbocycles. The number of ether oxygens (including phenoxy) is 2. The number of non-ortho nitro benzene ring substituents is 1. The number of hydrogen-bond acceptors (Lipinski definition) is 9. The number of aromatic nitrogens is 1. The number of carbonyl (C=O) groups excluding carboxylic acids is 3. The summed E-state index contributed by atoms with van der Waals surface area (Å²) in [5, 5.41) is 13.4. The second-order valence-corrected chi connectivity index (χ2v) is 6.19. The zero-order valence-corrected chi connectivity index (χ0v) is 16.2. The molecule has 0 spiro atoms. The number of nitrogens with one attached hydrogen (secondary N) is 1. The highest BCUT2D eigenvalue weighted by Crippen LogP contribution is 2.21. The molecule has 1 amide bonds. The van der Waals surface area contributed by atoms with Crippen molar-refractivity contribution in [2.45, 2.75) is 6.54 Å². The standard InChI is InChI=1S/C19H15N3O9/c1-29-17(24)10-5-11(18(25)30-2)7-12(6-10)20-16(23)9-21-14-8-13(22(27)28)3-4-15(14)31-19(21)26/h3-8H,9H2,1-2H3,(H,20,23). The first-order valence-corrected chi connectivity index (χ1v) is 8.63. The van der Waals surface area contributed by atoms with Crippen LogP contribution in [-0.2, 0) is 20.8 Å². The van der Waals surface area contributed by atoms with Crippen molar-refractivity contribution in [2.24, 2.45) is 0 Å². The number of fused-ring (bicyclic) bond motifs is 1. The fourth-order valence-electron chi connectivity index (χ4n) is 2.83. The summed E-state index contributed by atoms with van der Waals surface area (Å²) in [7, 11) is 2.31. The molecule has 3 aromatic rings. The van der Waals surface area contributed by atoms with E-state index in [-0.39, 0.29) is 33.6 Å². The number of nitrogens with zero attached hydrogens (tertiary/aromatic N) is 2. The molecule has 160 valence electrons. The highest BCUT2D eigenvalue weighted by molar-refractivity contribution is 5.99. The first-order valence-electron chi connectivity index (χ1n) is 8.63. The van der Waals surface area contributed by atoms with Crippen LogP contribution in [0, 0.1) is 10.1 Å². The number of amides is 1. The van der Waals surface area contributed by atoms with E-state index in [1.165, 1.54) is 30.3 Å². The number of nitro groups is 1. The predicted molar refractivity (Wildman–Crippen MR) is 105 cm³/mol. The summed E-state index contributed by atoms with van der Waals surface area (Å²) in [5.41, 5.74) is -0.0995. The molecule has 0 aliphatic heterocycles. The molecule has 0 atom stereocenters. The fraction of sp³-hybridized carbons (Fsp3) is 0.158. The van der Waals surface area contributed by atoms with Gasteiger partial charge in [0.2, 0.25) is 5.91 Å². The Labute approximate surface area is 173 Å². The van der Waals surface area contributed by atoms with Crippen molar-refractivity contribution < 1.29 is 33.2 Å². The molecule has 3 rings (SSSR count). The zero-order valence-electron chi connectivity index (χ0n) is 16.2. The normalized spacial score (nSPS) is 10.5. The van der Waals surface area contributed by atoms with E-state index >= 15 is 0 Å². The van der Waals surface area contributed by atoms with Gasteiger partial charge in [0.05, 0.1) is 35.8 Å². The van der Waals surface area contributed by atoms with Crippen LogP contribution in [0.2, 0.25) is 0 Å². The van der Waals surface area contributed by atoms with E-state index in [9.17, 15) is 29.3 Å². The lowest BCUT2D eigenvalue weighted by Crippen LogP contribution is -2.25. The van der Waals surface area contributed by atoms with Gasteiger partial charge >= 0.3 is 17.7 Å². The summed E-state index contributed by atoms with van der Waals surface area (Å²) >= 11 is 0. The van der Waals surface area contributed by atoms with E-state index < -0.39 is 35.1 Å². The third kappa shape index (κ3) is 4.42. The zero-order chi connectivity index (χ0) is 22.7. The van der Waals surface area contributed by atoms with Crippen LogP contribution in [0.4, 0.5) is 11.4 Å². The van der Waals surface area contributed by atoms with Crippen molar-refractivity contribution in [1.82, 2.24) is 4.57 Å². The molecule has 0 fully saturated rings. The van der Waals surface area contributed by atoms with Crippen molar-refractivity contribution in [3.63, 3.8) is 0 Å². The molecule has 12 heteroatoms. The van der Waals surface area contributed by atoms with Crippen LogP contribution in [0.25, 0.3) is 11.1 Å². The Balaban J connectivity index is 1.92. The number of nitro benzene ring substituents is 1. The van der Waals surface area contributed by atoms with E-state index in [0.717, 1.165) is 24.9 Å². The maximum Gasteiger partial charge on any atom is 0.420 e. The van der Waals surface area contributed by atoms with Gasteiger partial charge in [-0.2, -0.15) is 0 Å². The molecule has 0 saturated heterocycles. The van der Waals surface area contributed by atoms with Crippen molar-refractivity contribution >= 4 is 40.3 Å². The molecule has 0 radical (unpaired) electrons. The Bertz CT molecular complexity index is 1240. The Morgan fingerprint density at radius 1 is 1.06 bits per heavy atom. The Kier molecular flexibility index (Phi) is 5.81. The summed E-state index contributed by atoms with van der Waals surface area (Å²) in [6, 6.07) is 7.32. The molecule has 0 unspecified atom stereocenters. The molecule has 1 N–H and O–H groups in total. The number of oxazole rings is 1. The van der Waals surface area contributed by atoms with E-state index in [1.54, 1.807) is 0 Å². The lowest BCUT2D eigenvalue weighted by atomic mass is 10.1. The summed E-state index contributed by atoms with van der Waals surface area (Å²) < 4.78 is 15.2. The van der Waals surface area contributed by atoms with Crippen molar-refractivity contribution in [3.8, 4) is 0 Å². The summed E-state index contributed by atoms with van der Waals surface area (Å²) in [6.45, 7) is -0.539. The van der Waals surface area contributed by atoms with Crippen LogP contribution in [0.1, 0.15) is 20.7 Å². The van der Waals surface area contributed by atoms with E-state index in [2.05, 4.69) is 14.8 Å². The van der Waals surface area contributed by atoms with Gasteiger partial charge in [0.25, 0.3) is 5.69 Å². The first kappa shape index (κ1) is 21.2. The maximum absolute atomic E-state index is 12.5. The molecule has 1 heterocycles. The average Bonchev–Trinajstić information content (AvgIpc) is 3.06. The van der Waals surface area contributed by atoms with Gasteiger partial charge in [0, 0.05) is 17.8 Å². The van der Waals surface area contributed by atoms with Crippen LogP contribution >= 0.6 is 0 Å². The summed E-state index contributed by atoms with van der Waals surface area (Å²) in [6.07, 6.45) is 0. The predicted octanol–water partition coefficient (Wildman–Crippen LogP) is 1.71. The topological polar surface area (TPSA) is 160 Å². The Hall–Kier alpha value is -4.48. The largest absolute Gasteiger partial charge is 0.465 e. The third-order valence-electron chi connectivity index (χ3n) is 4.22. The number of methoxy groups -OCH3 is 2. The molecule has 0 aliphatic carbocycles. The van der Waals surface area contributed by atoms with E-state index in [0.29, 0.717) is 0 Å². The lowest BCUT2D eigenvalue weighted by molar-refractivity contribution is -0.384. The maximum atomic E-state index is 12.5. The molecule has 31 heavy (non-hydrogen) atoms. The second-order valence-electron chi connectivity index (χ2n) is 6.19. The van der Waals surface area contributed by atoms with Gasteiger partial charge in [-0.15, -0.1) is 0 Å². The number of benzene rings is 2. The van der Waals surface area contributed by atoms with Gasteiger partial charge in [0.15, 0.2) is 5.58 Å². The highest BCUT2D eigenvalue weighted by atomic mass is 16.6. The van der Waals surface area contributed by atoms with Crippen LogP contribution in [0.3, 0.4) is 0 Å². The number of rotatable bonds is 6. The SMILES string of the molecule is COC(=O)c1cc(NC(=O)Cn2c(=O)oc3ccc([N+](=O)[O-])cc32)cc(C(=O)OC)c1. The van der Waals surface area contributed by atoms with Gasteiger partial charge in [-0.3, -0.25) is 19.5 Å². The minimum absolute atomic E-state index is 0.0118. The molecular weight excluding hydrogens is 414 g/mol. The lowest BCUT2D eigenvalue weighted by Gasteiger charge is -2.10. The quantitative estimate of drug-likeness (QED) is 0.349. The molecule has 0 bridgehead atoms. The van der Waals surface area contributed by atoms with Gasteiger partial charge < -0.3 is 19.2 Å². The molecule has 2 aromatic carbocycles. The van der Waals surface area contributed by atoms with Crippen LogP contribution < -0.4 is 11.1 Å². The molecule has 12 nitrogen and oxygen atoms in total. The molecule has 1 aromatic heterocycles. The number of carbonyl (C=O) groups is 3. The van der Waals surface area contributed by atoms with Crippen molar-refractivity contribution in [3.05, 3.63) is 68.2 Å². The molecular formula is C19H15N3O9. The second kappa shape index (κ2) is 8.49. The van der Waals surface area contributed by atoms with Crippen molar-refractivity contribution in [1.29, 1.82) is 0 Å². The van der Waals surface area contributed by atoms with Crippen molar-refractivity contribution in [2.75, 3.05) is 19.5 Å². The van der Waals surface area contributed by atoms with Gasteiger partial charge in [-0.05, 0) is 24.3 Å². The Morgan fingerprint density at radius 2 is 1.68 bits per heavy atom. The number of anilines is 1. The third-order valence-corrected chi connectivity index (χ3v) is 4.22. The van der Waals surface area contributed by atoms with Gasteiger partial charge in [-0.25, -0.2) is 14.4 Å². The fourth-order valence-corrected chi connectivity index (χ4v) is 2.83. The first-order chi connectivity index (χ1) is 14.7. The van der Waals surface area contributed by atoms with Crippen LogP contribution in [0.15, 0.2) is 45.6 Å². The average molecular weight is 429 g/mol. The Morgan fingerprint density at radius 3 is 2.23 bits per heavy atom. The van der Waals surface area contributed by atoms with Gasteiger partial charge in [-0.1, -0.05) is 0 Å². The summed E-state index contributed by atoms with van der Waals surface area (Å²) in [5.74, 6) is -3.09. The van der Waals surface area contributed by atoms with E-state index in [1.807, 2.05) is 0 Å². The monoisotopic (exact) mass is 429 g/mol. The van der Waals surface area contributed by atoms with E-state index in [4.69, 9.17) is 4.42 Å². The smallest absolute Gasteiger partial charge is 0.420 e. The minimum atomic E-state index is -0.885.